The number of fused-ring (bicyclic) bond motifs is 1. The molecule has 0 radical (unpaired) electrons. The minimum absolute atomic E-state index is 0.0107. The molecule has 0 saturated heterocycles. The van der Waals surface area contributed by atoms with Gasteiger partial charge in [-0.15, -0.1) is 0 Å². The van der Waals surface area contributed by atoms with Crippen molar-refractivity contribution in [3.05, 3.63) is 90.5 Å². The van der Waals surface area contributed by atoms with Gasteiger partial charge in [-0.25, -0.2) is 4.98 Å². The van der Waals surface area contributed by atoms with Crippen LogP contribution >= 0.6 is 0 Å². The second kappa shape index (κ2) is 10.7. The number of aryl methyl sites for hydroxylation is 1. The minimum Gasteiger partial charge on any atom is -0.352 e. The second-order valence-electron chi connectivity index (χ2n) is 8.39. The lowest BCUT2D eigenvalue weighted by molar-refractivity contribution is -0.119. The summed E-state index contributed by atoms with van der Waals surface area (Å²) in [6, 6.07) is 21.0. The first-order chi connectivity index (χ1) is 16.5. The van der Waals surface area contributed by atoms with Gasteiger partial charge < -0.3 is 14.8 Å². The highest BCUT2D eigenvalue weighted by Gasteiger charge is 2.21. The normalized spacial score (nSPS) is 11.0. The Labute approximate surface area is 199 Å². The smallest absolute Gasteiger partial charge is 0.251 e. The van der Waals surface area contributed by atoms with Crippen LogP contribution in [0.15, 0.2) is 79.1 Å². The van der Waals surface area contributed by atoms with E-state index in [4.69, 9.17) is 4.98 Å². The van der Waals surface area contributed by atoms with Crippen LogP contribution in [-0.2, 0) is 17.8 Å². The maximum Gasteiger partial charge on any atom is 0.251 e. The van der Waals surface area contributed by atoms with Crippen LogP contribution in [0, 0.1) is 0 Å². The molecular formula is C27H29N5O2. The SMILES string of the molecule is CC(C)N(C(=O)Cn1c(CCCNC(=O)c2ccncc2)nc2ccccc21)c1ccccc1. The number of nitrogens with zero attached hydrogens (tertiary/aromatic N) is 4. The summed E-state index contributed by atoms with van der Waals surface area (Å²) < 4.78 is 2.00. The van der Waals surface area contributed by atoms with E-state index in [-0.39, 0.29) is 24.4 Å². The van der Waals surface area contributed by atoms with E-state index in [1.54, 1.807) is 24.5 Å². The van der Waals surface area contributed by atoms with Crippen molar-refractivity contribution in [3.63, 3.8) is 0 Å². The molecule has 0 aliphatic rings. The average Bonchev–Trinajstić information content (AvgIpc) is 3.20. The number of carbonyl (C=O) groups excluding carboxylic acids is 2. The van der Waals surface area contributed by atoms with E-state index in [0.29, 0.717) is 24.9 Å². The molecule has 7 heteroatoms. The third kappa shape index (κ3) is 5.31. The molecule has 4 aromatic rings. The summed E-state index contributed by atoms with van der Waals surface area (Å²) >= 11 is 0. The van der Waals surface area contributed by atoms with Crippen LogP contribution < -0.4 is 10.2 Å². The van der Waals surface area contributed by atoms with Crippen LogP contribution in [0.5, 0.6) is 0 Å². The standard InChI is InChI=1S/C27H29N5O2/c1-20(2)32(22-9-4-3-5-10-22)26(33)19-31-24-12-7-6-11-23(24)30-25(31)13-8-16-29-27(34)21-14-17-28-18-15-21/h3-7,9-12,14-15,17-18,20H,8,13,16,19H2,1-2H3,(H,29,34). The molecule has 2 amide bonds. The van der Waals surface area contributed by atoms with E-state index in [0.717, 1.165) is 22.5 Å². The largest absolute Gasteiger partial charge is 0.352 e. The lowest BCUT2D eigenvalue weighted by Crippen LogP contribution is -2.39. The van der Waals surface area contributed by atoms with Crippen LogP contribution in [-0.4, -0.2) is 38.9 Å². The molecule has 2 aromatic carbocycles. The van der Waals surface area contributed by atoms with E-state index in [2.05, 4.69) is 10.3 Å². The summed E-state index contributed by atoms with van der Waals surface area (Å²) in [5, 5.41) is 2.94. The number of amides is 2. The number of hydrogen-bond donors (Lipinski definition) is 1. The number of benzene rings is 2. The lowest BCUT2D eigenvalue weighted by Gasteiger charge is -2.27. The molecule has 4 rings (SSSR count). The van der Waals surface area contributed by atoms with Crippen molar-refractivity contribution in [3.8, 4) is 0 Å². The third-order valence-electron chi connectivity index (χ3n) is 5.65. The predicted molar refractivity (Wildman–Crippen MR) is 134 cm³/mol. The van der Waals surface area contributed by atoms with Gasteiger partial charge in [0, 0.05) is 42.7 Å². The Morgan fingerprint density at radius 3 is 2.41 bits per heavy atom. The summed E-state index contributed by atoms with van der Waals surface area (Å²) in [7, 11) is 0. The number of hydrogen-bond acceptors (Lipinski definition) is 4. The Balaban J connectivity index is 1.49. The van der Waals surface area contributed by atoms with E-state index in [1.165, 1.54) is 0 Å². The zero-order chi connectivity index (χ0) is 23.9. The van der Waals surface area contributed by atoms with Gasteiger partial charge in [-0.1, -0.05) is 30.3 Å². The zero-order valence-corrected chi connectivity index (χ0v) is 19.5. The number of aromatic nitrogens is 3. The van der Waals surface area contributed by atoms with E-state index in [9.17, 15) is 9.59 Å². The van der Waals surface area contributed by atoms with E-state index < -0.39 is 0 Å². The summed E-state index contributed by atoms with van der Waals surface area (Å²) in [5.74, 6) is 0.725. The molecule has 2 aromatic heterocycles. The summed E-state index contributed by atoms with van der Waals surface area (Å²) in [5.41, 5.74) is 3.26. The molecule has 1 N–H and O–H groups in total. The van der Waals surface area contributed by atoms with Crippen molar-refractivity contribution >= 4 is 28.5 Å². The first-order valence-corrected chi connectivity index (χ1v) is 11.5. The van der Waals surface area contributed by atoms with Crippen LogP contribution in [0.2, 0.25) is 0 Å². The first kappa shape index (κ1) is 23.2. The van der Waals surface area contributed by atoms with Crippen molar-refractivity contribution in [2.75, 3.05) is 11.4 Å². The highest BCUT2D eigenvalue weighted by Crippen LogP contribution is 2.21. The van der Waals surface area contributed by atoms with Gasteiger partial charge in [0.2, 0.25) is 5.91 Å². The molecule has 0 fully saturated rings. The molecule has 0 saturated carbocycles. The fraction of sp³-hybridized carbons (Fsp3) is 0.259. The number of rotatable bonds is 9. The van der Waals surface area contributed by atoms with Gasteiger partial charge in [0.05, 0.1) is 11.0 Å². The van der Waals surface area contributed by atoms with Crippen molar-refractivity contribution < 1.29 is 9.59 Å². The number of pyridine rings is 1. The number of anilines is 1. The molecule has 0 atom stereocenters. The molecule has 0 aliphatic heterocycles. The molecule has 7 nitrogen and oxygen atoms in total. The number of para-hydroxylation sites is 3. The van der Waals surface area contributed by atoms with Crippen molar-refractivity contribution in [2.24, 2.45) is 0 Å². The minimum atomic E-state index is -0.124. The molecule has 34 heavy (non-hydrogen) atoms. The quantitative estimate of drug-likeness (QED) is 0.383. The van der Waals surface area contributed by atoms with E-state index >= 15 is 0 Å². The highest BCUT2D eigenvalue weighted by atomic mass is 16.2. The average molecular weight is 456 g/mol. The maximum absolute atomic E-state index is 13.4. The van der Waals surface area contributed by atoms with Crippen LogP contribution in [0.3, 0.4) is 0 Å². The Kier molecular flexibility index (Phi) is 7.32. The Bertz CT molecular complexity index is 1250. The number of nitrogens with one attached hydrogen (secondary N) is 1. The monoisotopic (exact) mass is 455 g/mol. The molecule has 0 unspecified atom stereocenters. The predicted octanol–water partition coefficient (Wildman–Crippen LogP) is 4.24. The van der Waals surface area contributed by atoms with Gasteiger partial charge in [0.25, 0.3) is 5.91 Å². The molecule has 2 heterocycles. The number of imidazole rings is 1. The highest BCUT2D eigenvalue weighted by molar-refractivity contribution is 5.95. The van der Waals surface area contributed by atoms with E-state index in [1.807, 2.05) is 77.9 Å². The third-order valence-corrected chi connectivity index (χ3v) is 5.65. The first-order valence-electron chi connectivity index (χ1n) is 11.5. The van der Waals surface area contributed by atoms with Gasteiger partial charge in [-0.2, -0.15) is 0 Å². The van der Waals surface area contributed by atoms with Gasteiger partial charge in [0.15, 0.2) is 0 Å². The number of carbonyl (C=O) groups is 2. The van der Waals surface area contributed by atoms with Crippen molar-refractivity contribution in [1.82, 2.24) is 19.9 Å². The van der Waals surface area contributed by atoms with Crippen LogP contribution in [0.1, 0.15) is 36.5 Å². The zero-order valence-electron chi connectivity index (χ0n) is 19.5. The second-order valence-corrected chi connectivity index (χ2v) is 8.39. The fourth-order valence-electron chi connectivity index (χ4n) is 4.08. The Morgan fingerprint density at radius 2 is 1.68 bits per heavy atom. The van der Waals surface area contributed by atoms with Crippen molar-refractivity contribution in [2.45, 2.75) is 39.3 Å². The molecular weight excluding hydrogens is 426 g/mol. The molecule has 0 spiro atoms. The van der Waals surface area contributed by atoms with Gasteiger partial charge in [-0.3, -0.25) is 14.6 Å². The van der Waals surface area contributed by atoms with Gasteiger partial charge in [0.1, 0.15) is 12.4 Å². The van der Waals surface area contributed by atoms with Crippen LogP contribution in [0.4, 0.5) is 5.69 Å². The lowest BCUT2D eigenvalue weighted by atomic mass is 10.2. The molecule has 0 bridgehead atoms. The Hall–Kier alpha value is -4.00. The van der Waals surface area contributed by atoms with Crippen LogP contribution in [0.25, 0.3) is 11.0 Å². The molecule has 0 aliphatic carbocycles. The van der Waals surface area contributed by atoms with Gasteiger partial charge >= 0.3 is 0 Å². The summed E-state index contributed by atoms with van der Waals surface area (Å²) in [4.78, 5) is 36.3. The Morgan fingerprint density at radius 1 is 0.971 bits per heavy atom. The van der Waals surface area contributed by atoms with Gasteiger partial charge in [-0.05, 0) is 56.7 Å². The summed E-state index contributed by atoms with van der Waals surface area (Å²) in [6.45, 7) is 4.75. The molecule has 174 valence electrons. The summed E-state index contributed by atoms with van der Waals surface area (Å²) in [6.07, 6.45) is 4.56. The topological polar surface area (TPSA) is 80.1 Å². The van der Waals surface area contributed by atoms with Crippen molar-refractivity contribution in [1.29, 1.82) is 0 Å². The maximum atomic E-state index is 13.4. The fourth-order valence-corrected chi connectivity index (χ4v) is 4.08.